The third-order valence-electron chi connectivity index (χ3n) is 6.82. The maximum atomic E-state index is 11.0. The largest absolute Gasteiger partial charge is 0.381 e. The van der Waals surface area contributed by atoms with E-state index in [2.05, 4.69) is 27.0 Å². The average molecular weight is 498 g/mol. The van der Waals surface area contributed by atoms with Crippen molar-refractivity contribution in [2.45, 2.75) is 50.6 Å². The van der Waals surface area contributed by atoms with Gasteiger partial charge in [0.2, 0.25) is 5.91 Å². The summed E-state index contributed by atoms with van der Waals surface area (Å²) in [5, 5.41) is 20.3. The van der Waals surface area contributed by atoms with E-state index in [1.165, 1.54) is 0 Å². The number of nitrogens with zero attached hydrogens (tertiary/aromatic N) is 3. The zero-order valence-electron chi connectivity index (χ0n) is 19.7. The van der Waals surface area contributed by atoms with Crippen LogP contribution in [0.2, 0.25) is 5.02 Å². The second-order valence-electron chi connectivity index (χ2n) is 9.36. The van der Waals surface area contributed by atoms with Crippen LogP contribution in [0.1, 0.15) is 38.5 Å². The van der Waals surface area contributed by atoms with Gasteiger partial charge in [0.25, 0.3) is 0 Å². The van der Waals surface area contributed by atoms with E-state index in [9.17, 15) is 10.1 Å². The van der Waals surface area contributed by atoms with Crippen molar-refractivity contribution in [1.29, 1.82) is 5.26 Å². The molecule has 5 N–H and O–H groups in total. The number of nitrogens with two attached hydrogens (primary N) is 1. The number of halogens is 1. The molecular formula is C25H32ClN7O2. The van der Waals surface area contributed by atoms with Crippen molar-refractivity contribution in [3.63, 3.8) is 0 Å². The van der Waals surface area contributed by atoms with Gasteiger partial charge < -0.3 is 26.4 Å². The highest BCUT2D eigenvalue weighted by molar-refractivity contribution is 6.33. The topological polar surface area (TPSA) is 138 Å². The molecule has 9 nitrogen and oxygen atoms in total. The maximum absolute atomic E-state index is 11.0. The first kappa shape index (κ1) is 25.2. The van der Waals surface area contributed by atoms with E-state index in [4.69, 9.17) is 27.1 Å². The average Bonchev–Trinajstić information content (AvgIpc) is 2.89. The van der Waals surface area contributed by atoms with Gasteiger partial charge in [-0.2, -0.15) is 5.26 Å². The predicted octanol–water partition coefficient (Wildman–Crippen LogP) is 3.33. The number of nitrogens with one attached hydrogen (secondary N) is 3. The molecule has 4 rings (SSSR count). The fourth-order valence-electron chi connectivity index (χ4n) is 4.64. The summed E-state index contributed by atoms with van der Waals surface area (Å²) < 4.78 is 5.42. The van der Waals surface area contributed by atoms with E-state index < -0.39 is 5.41 Å². The normalized spacial score (nSPS) is 21.6. The van der Waals surface area contributed by atoms with Crippen molar-refractivity contribution in [3.8, 4) is 17.3 Å². The third kappa shape index (κ3) is 6.82. The molecule has 0 bridgehead atoms. The van der Waals surface area contributed by atoms with Crippen LogP contribution in [0.3, 0.4) is 0 Å². The number of amides is 1. The Bertz CT molecular complexity index is 1060. The number of rotatable bonds is 9. The van der Waals surface area contributed by atoms with Crippen LogP contribution in [0.15, 0.2) is 30.5 Å². The number of ether oxygens (including phenoxy) is 1. The SMILES string of the molecule is N#CC1(CNc2cccc(-c3cc(N[C@H]4CC[C@H](NCC(N)=O)CC4)ncc3Cl)n2)CCOCC1. The molecule has 1 saturated carbocycles. The van der Waals surface area contributed by atoms with Crippen LogP contribution in [0.25, 0.3) is 11.3 Å². The Morgan fingerprint density at radius 1 is 1.20 bits per heavy atom. The minimum absolute atomic E-state index is 0.220. The quantitative estimate of drug-likeness (QED) is 0.414. The summed E-state index contributed by atoms with van der Waals surface area (Å²) in [6.07, 6.45) is 6.95. The van der Waals surface area contributed by atoms with E-state index in [0.29, 0.717) is 55.5 Å². The number of hydrogen-bond donors (Lipinski definition) is 4. The zero-order valence-corrected chi connectivity index (χ0v) is 20.5. The van der Waals surface area contributed by atoms with Crippen LogP contribution in [-0.2, 0) is 9.53 Å². The van der Waals surface area contributed by atoms with Crippen molar-refractivity contribution in [2.24, 2.45) is 11.1 Å². The first-order valence-corrected chi connectivity index (χ1v) is 12.5. The van der Waals surface area contributed by atoms with Gasteiger partial charge in [0, 0.05) is 43.6 Å². The van der Waals surface area contributed by atoms with Gasteiger partial charge in [-0.3, -0.25) is 4.79 Å². The summed E-state index contributed by atoms with van der Waals surface area (Å²) in [4.78, 5) is 20.2. The van der Waals surface area contributed by atoms with Gasteiger partial charge in [0.15, 0.2) is 0 Å². The van der Waals surface area contributed by atoms with Gasteiger partial charge in [-0.05, 0) is 56.7 Å². The number of carbonyl (C=O) groups excluding carboxylic acids is 1. The number of hydrogen-bond acceptors (Lipinski definition) is 8. The summed E-state index contributed by atoms with van der Waals surface area (Å²) >= 11 is 6.50. The Labute approximate surface area is 210 Å². The van der Waals surface area contributed by atoms with Crippen molar-refractivity contribution in [3.05, 3.63) is 35.5 Å². The monoisotopic (exact) mass is 497 g/mol. The van der Waals surface area contributed by atoms with Gasteiger partial charge in [0.05, 0.1) is 28.7 Å². The highest BCUT2D eigenvalue weighted by Gasteiger charge is 2.32. The molecule has 0 radical (unpaired) electrons. The number of anilines is 2. The lowest BCUT2D eigenvalue weighted by molar-refractivity contribution is -0.117. The standard InChI is InChI=1S/C25H32ClN7O2/c26-20-13-30-24(32-18-6-4-17(5-7-18)29-14-22(28)34)12-19(20)21-2-1-3-23(33-21)31-16-25(15-27)8-10-35-11-9-25/h1-3,12-13,17-18,29H,4-11,14,16H2,(H2,28,34)(H,30,32)(H,31,33)/t17-,18-. The van der Waals surface area contributed by atoms with Gasteiger partial charge in [-0.25, -0.2) is 9.97 Å². The van der Waals surface area contributed by atoms with Crippen LogP contribution < -0.4 is 21.7 Å². The summed E-state index contributed by atoms with van der Waals surface area (Å²) in [6.45, 7) is 1.96. The molecule has 0 aromatic carbocycles. The summed E-state index contributed by atoms with van der Waals surface area (Å²) in [5.74, 6) is 1.13. The van der Waals surface area contributed by atoms with Crippen LogP contribution in [0.4, 0.5) is 11.6 Å². The molecule has 35 heavy (non-hydrogen) atoms. The fraction of sp³-hybridized carbons (Fsp3) is 0.520. The van der Waals surface area contributed by atoms with Crippen LogP contribution in [0.5, 0.6) is 0 Å². The van der Waals surface area contributed by atoms with E-state index in [1.807, 2.05) is 24.3 Å². The Morgan fingerprint density at radius 2 is 1.94 bits per heavy atom. The first-order valence-electron chi connectivity index (χ1n) is 12.1. The Balaban J connectivity index is 1.39. The van der Waals surface area contributed by atoms with Crippen molar-refractivity contribution >= 4 is 29.1 Å². The summed E-state index contributed by atoms with van der Waals surface area (Å²) in [6, 6.07) is 10.8. The Kier molecular flexibility index (Phi) is 8.39. The minimum Gasteiger partial charge on any atom is -0.381 e. The minimum atomic E-state index is -0.435. The van der Waals surface area contributed by atoms with Crippen molar-refractivity contribution in [2.75, 3.05) is 36.9 Å². The second kappa shape index (κ2) is 11.7. The molecule has 10 heteroatoms. The van der Waals surface area contributed by atoms with Crippen LogP contribution >= 0.6 is 11.6 Å². The number of aromatic nitrogens is 2. The second-order valence-corrected chi connectivity index (χ2v) is 9.76. The summed E-state index contributed by atoms with van der Waals surface area (Å²) in [7, 11) is 0. The molecule has 2 fully saturated rings. The maximum Gasteiger partial charge on any atom is 0.231 e. The molecule has 0 atom stereocenters. The molecule has 1 saturated heterocycles. The molecule has 2 aliphatic rings. The lowest BCUT2D eigenvalue weighted by Gasteiger charge is -2.30. The molecule has 0 spiro atoms. The smallest absolute Gasteiger partial charge is 0.231 e. The molecule has 3 heterocycles. The van der Waals surface area contributed by atoms with Crippen LogP contribution in [-0.4, -0.2) is 54.3 Å². The number of primary amides is 1. The fourth-order valence-corrected chi connectivity index (χ4v) is 4.84. The molecule has 1 aliphatic heterocycles. The molecule has 2 aromatic heterocycles. The number of pyridine rings is 2. The first-order chi connectivity index (χ1) is 17.0. The molecule has 1 amide bonds. The van der Waals surface area contributed by atoms with Gasteiger partial charge in [-0.1, -0.05) is 17.7 Å². The highest BCUT2D eigenvalue weighted by Crippen LogP contribution is 2.32. The lowest BCUT2D eigenvalue weighted by atomic mass is 9.82. The summed E-state index contributed by atoms with van der Waals surface area (Å²) in [5.41, 5.74) is 6.33. The van der Waals surface area contributed by atoms with Crippen molar-refractivity contribution in [1.82, 2.24) is 15.3 Å². The highest BCUT2D eigenvalue weighted by atomic mass is 35.5. The van der Waals surface area contributed by atoms with Gasteiger partial charge in [-0.15, -0.1) is 0 Å². The van der Waals surface area contributed by atoms with Crippen LogP contribution in [0, 0.1) is 16.7 Å². The van der Waals surface area contributed by atoms with Gasteiger partial charge >= 0.3 is 0 Å². The molecule has 186 valence electrons. The van der Waals surface area contributed by atoms with Crippen molar-refractivity contribution < 1.29 is 9.53 Å². The van der Waals surface area contributed by atoms with E-state index in [-0.39, 0.29) is 12.5 Å². The molecule has 1 aliphatic carbocycles. The number of nitriles is 1. The predicted molar refractivity (Wildman–Crippen MR) is 136 cm³/mol. The van der Waals surface area contributed by atoms with E-state index in [0.717, 1.165) is 42.8 Å². The molecule has 2 aromatic rings. The zero-order chi connectivity index (χ0) is 24.7. The van der Waals surface area contributed by atoms with Gasteiger partial charge in [0.1, 0.15) is 11.6 Å². The Hall–Kier alpha value is -2.93. The lowest BCUT2D eigenvalue weighted by Crippen LogP contribution is -2.40. The molecular weight excluding hydrogens is 466 g/mol. The van der Waals surface area contributed by atoms with E-state index in [1.54, 1.807) is 6.20 Å². The third-order valence-corrected chi connectivity index (χ3v) is 7.12. The molecule has 0 unspecified atom stereocenters. The number of carbonyl (C=O) groups is 1. The van der Waals surface area contributed by atoms with E-state index >= 15 is 0 Å². The Morgan fingerprint density at radius 3 is 2.66 bits per heavy atom.